The van der Waals surface area contributed by atoms with Gasteiger partial charge in [-0.3, -0.25) is 9.59 Å². The monoisotopic (exact) mass is 381 g/mol. The number of pyridine rings is 1. The number of hydrogen-bond acceptors (Lipinski definition) is 5. The van der Waals surface area contributed by atoms with Crippen molar-refractivity contribution in [3.8, 4) is 5.82 Å². The van der Waals surface area contributed by atoms with Gasteiger partial charge < -0.3 is 10.6 Å². The van der Waals surface area contributed by atoms with Gasteiger partial charge in [-0.25, -0.2) is 9.67 Å². The van der Waals surface area contributed by atoms with E-state index in [1.807, 2.05) is 37.3 Å². The topological polar surface area (TPSA) is 88.9 Å². The minimum atomic E-state index is -0.183. The van der Waals surface area contributed by atoms with E-state index < -0.39 is 0 Å². The second kappa shape index (κ2) is 9.00. The molecule has 2 amide bonds. The zero-order valence-electron chi connectivity index (χ0n) is 14.8. The summed E-state index contributed by atoms with van der Waals surface area (Å²) < 4.78 is 1.63. The van der Waals surface area contributed by atoms with E-state index in [1.54, 1.807) is 35.4 Å². The Labute approximate surface area is 161 Å². The van der Waals surface area contributed by atoms with Gasteiger partial charge in [-0.15, -0.1) is 11.8 Å². The molecule has 0 fully saturated rings. The summed E-state index contributed by atoms with van der Waals surface area (Å²) in [5.41, 5.74) is 2.43. The fraction of sp³-hybridized carbons (Fsp3) is 0.158. The summed E-state index contributed by atoms with van der Waals surface area (Å²) in [5.74, 6) is 0.737. The second-order valence-electron chi connectivity index (χ2n) is 5.81. The van der Waals surface area contributed by atoms with E-state index in [9.17, 15) is 9.59 Å². The quantitative estimate of drug-likeness (QED) is 0.657. The van der Waals surface area contributed by atoms with E-state index in [1.165, 1.54) is 11.8 Å². The normalized spacial score (nSPS) is 10.4. The number of rotatable bonds is 7. The smallest absolute Gasteiger partial charge is 0.234 e. The Morgan fingerprint density at radius 2 is 1.81 bits per heavy atom. The lowest BCUT2D eigenvalue weighted by Gasteiger charge is -2.07. The molecule has 0 bridgehead atoms. The average Bonchev–Trinajstić information content (AvgIpc) is 3.17. The molecule has 0 radical (unpaired) electrons. The van der Waals surface area contributed by atoms with E-state index >= 15 is 0 Å². The highest BCUT2D eigenvalue weighted by atomic mass is 32.2. The van der Waals surface area contributed by atoms with Crippen molar-refractivity contribution in [1.29, 1.82) is 0 Å². The number of thioether (sulfide) groups is 1. The number of nitrogens with zero attached hydrogens (tertiary/aromatic N) is 3. The minimum absolute atomic E-state index is 0.136. The first-order valence-corrected chi connectivity index (χ1v) is 9.46. The zero-order chi connectivity index (χ0) is 19.1. The van der Waals surface area contributed by atoms with Crippen molar-refractivity contribution in [3.05, 3.63) is 66.6 Å². The molecule has 0 aliphatic carbocycles. The molecule has 3 rings (SSSR count). The number of amides is 2. The fourth-order valence-electron chi connectivity index (χ4n) is 2.35. The highest BCUT2D eigenvalue weighted by Crippen LogP contribution is 2.12. The van der Waals surface area contributed by atoms with Gasteiger partial charge in [-0.1, -0.05) is 12.1 Å². The molecule has 138 valence electrons. The van der Waals surface area contributed by atoms with Gasteiger partial charge in [0.15, 0.2) is 5.82 Å². The molecule has 0 unspecified atom stereocenters. The van der Waals surface area contributed by atoms with Crippen LogP contribution in [-0.2, 0) is 9.59 Å². The van der Waals surface area contributed by atoms with Crippen molar-refractivity contribution in [2.75, 3.05) is 22.1 Å². The third kappa shape index (κ3) is 5.68. The van der Waals surface area contributed by atoms with Gasteiger partial charge >= 0.3 is 0 Å². The highest BCUT2D eigenvalue weighted by molar-refractivity contribution is 8.00. The molecule has 0 spiro atoms. The maximum atomic E-state index is 12.0. The zero-order valence-corrected chi connectivity index (χ0v) is 15.6. The van der Waals surface area contributed by atoms with Crippen LogP contribution in [0.25, 0.3) is 5.82 Å². The van der Waals surface area contributed by atoms with Gasteiger partial charge in [0.25, 0.3) is 0 Å². The molecule has 0 saturated heterocycles. The fourth-order valence-corrected chi connectivity index (χ4v) is 2.97. The molecule has 0 saturated carbocycles. The van der Waals surface area contributed by atoms with Gasteiger partial charge in [0.05, 0.1) is 23.4 Å². The minimum Gasteiger partial charge on any atom is -0.325 e. The number of hydrogen-bond donors (Lipinski definition) is 2. The molecule has 27 heavy (non-hydrogen) atoms. The van der Waals surface area contributed by atoms with E-state index in [4.69, 9.17) is 0 Å². The van der Waals surface area contributed by atoms with Gasteiger partial charge in [0.2, 0.25) is 11.8 Å². The lowest BCUT2D eigenvalue weighted by molar-refractivity contribution is -0.114. The molecule has 0 atom stereocenters. The second-order valence-corrected chi connectivity index (χ2v) is 6.80. The number of aromatic nitrogens is 3. The molecule has 3 aromatic rings. The van der Waals surface area contributed by atoms with Crippen LogP contribution in [0.15, 0.2) is 61.1 Å². The van der Waals surface area contributed by atoms with Gasteiger partial charge in [0.1, 0.15) is 0 Å². The van der Waals surface area contributed by atoms with Crippen molar-refractivity contribution in [2.45, 2.75) is 6.92 Å². The predicted octanol–water partition coefficient (Wildman–Crippen LogP) is 2.89. The first-order chi connectivity index (χ1) is 13.1. The maximum Gasteiger partial charge on any atom is 0.234 e. The molecule has 8 heteroatoms. The van der Waals surface area contributed by atoms with E-state index in [-0.39, 0.29) is 23.3 Å². The number of carbonyl (C=O) groups is 2. The van der Waals surface area contributed by atoms with Gasteiger partial charge in [-0.2, -0.15) is 5.10 Å². The molecule has 2 aromatic heterocycles. The van der Waals surface area contributed by atoms with Crippen molar-refractivity contribution in [3.63, 3.8) is 0 Å². The summed E-state index contributed by atoms with van der Waals surface area (Å²) in [5, 5.41) is 9.67. The Morgan fingerprint density at radius 1 is 1.04 bits per heavy atom. The number of aryl methyl sites for hydroxylation is 1. The molecule has 2 heterocycles. The Kier molecular flexibility index (Phi) is 6.22. The molecular weight excluding hydrogens is 362 g/mol. The summed E-state index contributed by atoms with van der Waals surface area (Å²) in [6.07, 6.45) is 5.03. The van der Waals surface area contributed by atoms with Crippen LogP contribution in [0.2, 0.25) is 0 Å². The Morgan fingerprint density at radius 3 is 2.44 bits per heavy atom. The Hall–Kier alpha value is -3.13. The summed E-state index contributed by atoms with van der Waals surface area (Å²) >= 11 is 1.25. The van der Waals surface area contributed by atoms with Crippen LogP contribution in [0.1, 0.15) is 5.56 Å². The first kappa shape index (κ1) is 18.7. The first-order valence-electron chi connectivity index (χ1n) is 8.30. The summed E-state index contributed by atoms with van der Waals surface area (Å²) in [6.45, 7) is 1.96. The molecular formula is C19H19N5O2S. The van der Waals surface area contributed by atoms with Crippen molar-refractivity contribution < 1.29 is 9.59 Å². The number of anilines is 2. The molecule has 7 nitrogen and oxygen atoms in total. The molecule has 0 aliphatic heterocycles. The van der Waals surface area contributed by atoms with Crippen LogP contribution < -0.4 is 10.6 Å². The predicted molar refractivity (Wildman–Crippen MR) is 107 cm³/mol. The lowest BCUT2D eigenvalue weighted by Crippen LogP contribution is -2.18. The van der Waals surface area contributed by atoms with E-state index in [2.05, 4.69) is 20.7 Å². The van der Waals surface area contributed by atoms with E-state index in [0.29, 0.717) is 11.5 Å². The van der Waals surface area contributed by atoms with Crippen molar-refractivity contribution in [1.82, 2.24) is 14.8 Å². The number of benzene rings is 1. The Bertz CT molecular complexity index is 910. The molecule has 1 aromatic carbocycles. The summed E-state index contributed by atoms with van der Waals surface area (Å²) in [4.78, 5) is 28.2. The average molecular weight is 381 g/mol. The van der Waals surface area contributed by atoms with E-state index in [0.717, 1.165) is 11.3 Å². The van der Waals surface area contributed by atoms with Crippen LogP contribution in [0.3, 0.4) is 0 Å². The maximum absolute atomic E-state index is 12.0. The van der Waals surface area contributed by atoms with Crippen LogP contribution in [0.5, 0.6) is 0 Å². The highest BCUT2D eigenvalue weighted by Gasteiger charge is 2.07. The molecule has 0 aliphatic rings. The third-order valence-electron chi connectivity index (χ3n) is 3.54. The standard InChI is InChI=1S/C19H19N5O2S/c1-14-4-2-5-15(10-14)22-18(25)12-27-13-19(26)23-16-6-7-17(20-11-16)24-9-3-8-21-24/h2-11H,12-13H2,1H3,(H,22,25)(H,23,26). The Balaban J connectivity index is 1.41. The third-order valence-corrected chi connectivity index (χ3v) is 4.47. The van der Waals surface area contributed by atoms with Crippen molar-refractivity contribution in [2.24, 2.45) is 0 Å². The van der Waals surface area contributed by atoms with Crippen LogP contribution in [0, 0.1) is 6.92 Å². The van der Waals surface area contributed by atoms with Crippen molar-refractivity contribution >= 4 is 35.0 Å². The largest absolute Gasteiger partial charge is 0.325 e. The SMILES string of the molecule is Cc1cccc(NC(=O)CSCC(=O)Nc2ccc(-n3cccn3)nc2)c1. The van der Waals surface area contributed by atoms with Gasteiger partial charge in [-0.05, 0) is 42.8 Å². The van der Waals surface area contributed by atoms with Crippen LogP contribution in [0.4, 0.5) is 11.4 Å². The number of nitrogens with one attached hydrogen (secondary N) is 2. The van der Waals surface area contributed by atoms with Crippen LogP contribution >= 0.6 is 11.8 Å². The molecule has 2 N–H and O–H groups in total. The summed E-state index contributed by atoms with van der Waals surface area (Å²) in [6, 6.07) is 12.9. The van der Waals surface area contributed by atoms with Crippen LogP contribution in [-0.4, -0.2) is 38.1 Å². The van der Waals surface area contributed by atoms with Gasteiger partial charge in [0, 0.05) is 18.1 Å². The number of carbonyl (C=O) groups excluding carboxylic acids is 2. The lowest BCUT2D eigenvalue weighted by atomic mass is 10.2. The summed E-state index contributed by atoms with van der Waals surface area (Å²) in [7, 11) is 0.